The Morgan fingerprint density at radius 3 is 2.61 bits per heavy atom. The number of para-hydroxylation sites is 1. The number of aromatic nitrogens is 3. The maximum atomic E-state index is 11.8. The van der Waals surface area contributed by atoms with Crippen molar-refractivity contribution >= 4 is 34.1 Å². The summed E-state index contributed by atoms with van der Waals surface area (Å²) in [5.74, 6) is 2.04. The van der Waals surface area contributed by atoms with Crippen LogP contribution in [0.1, 0.15) is 6.92 Å². The predicted molar refractivity (Wildman–Crippen MR) is 141 cm³/mol. The molecule has 0 aliphatic carbocycles. The average molecular weight is 491 g/mol. The van der Waals surface area contributed by atoms with E-state index in [2.05, 4.69) is 20.6 Å². The van der Waals surface area contributed by atoms with Crippen molar-refractivity contribution < 1.29 is 19.0 Å². The van der Waals surface area contributed by atoms with Crippen LogP contribution in [0.2, 0.25) is 0 Å². The molecule has 0 aliphatic heterocycles. The monoisotopic (exact) mass is 490 g/mol. The number of amides is 1. The van der Waals surface area contributed by atoms with Gasteiger partial charge in [0, 0.05) is 36.3 Å². The lowest BCUT2D eigenvalue weighted by atomic mass is 10.1. The molecule has 0 spiro atoms. The zero-order chi connectivity index (χ0) is 25.7. The Hall–Kier alpha value is -4.31. The van der Waals surface area contributed by atoms with Gasteiger partial charge in [-0.25, -0.2) is 9.97 Å². The van der Waals surface area contributed by atoms with Crippen LogP contribution in [-0.2, 0) is 4.79 Å². The van der Waals surface area contributed by atoms with Crippen molar-refractivity contribution in [3.63, 3.8) is 0 Å². The second-order valence-electron chi connectivity index (χ2n) is 8.36. The first-order valence-corrected chi connectivity index (χ1v) is 11.4. The van der Waals surface area contributed by atoms with Gasteiger partial charge in [0.15, 0.2) is 5.75 Å². The topological polar surface area (TPSA) is 114 Å². The van der Waals surface area contributed by atoms with Crippen LogP contribution >= 0.6 is 0 Å². The Balaban J connectivity index is 1.65. The lowest BCUT2D eigenvalue weighted by Gasteiger charge is -2.16. The van der Waals surface area contributed by atoms with E-state index in [4.69, 9.17) is 19.2 Å². The summed E-state index contributed by atoms with van der Waals surface area (Å²) in [5, 5.41) is 6.99. The maximum Gasteiger partial charge on any atom is 0.227 e. The highest BCUT2D eigenvalue weighted by molar-refractivity contribution is 5.99. The van der Waals surface area contributed by atoms with E-state index in [1.165, 1.54) is 6.92 Å². The van der Waals surface area contributed by atoms with Crippen LogP contribution in [0.4, 0.5) is 17.3 Å². The lowest BCUT2D eigenvalue weighted by Crippen LogP contribution is -2.20. The SMILES string of the molecule is COc1cnc(Nc2ccc(OCCN(C)C)c(NC(C)=O)c2)nc1-c1c[nH]c2c(OC)cccc12. The Kier molecular flexibility index (Phi) is 7.55. The molecule has 10 nitrogen and oxygen atoms in total. The number of likely N-dealkylation sites (N-methyl/N-ethyl adjacent to an activating group) is 1. The van der Waals surface area contributed by atoms with Gasteiger partial charge in [-0.15, -0.1) is 0 Å². The van der Waals surface area contributed by atoms with Gasteiger partial charge >= 0.3 is 0 Å². The van der Waals surface area contributed by atoms with Crippen molar-refractivity contribution in [1.82, 2.24) is 19.9 Å². The summed E-state index contributed by atoms with van der Waals surface area (Å²) < 4.78 is 16.9. The highest BCUT2D eigenvalue weighted by Crippen LogP contribution is 2.37. The number of carbonyl (C=O) groups excluding carboxylic acids is 1. The highest BCUT2D eigenvalue weighted by Gasteiger charge is 2.17. The van der Waals surface area contributed by atoms with Gasteiger partial charge in [0.2, 0.25) is 11.9 Å². The summed E-state index contributed by atoms with van der Waals surface area (Å²) in [6.45, 7) is 2.70. The number of nitrogens with one attached hydrogen (secondary N) is 3. The Morgan fingerprint density at radius 1 is 1.08 bits per heavy atom. The fraction of sp³-hybridized carbons (Fsp3) is 0.269. The molecule has 2 aromatic carbocycles. The van der Waals surface area contributed by atoms with Gasteiger partial charge in [0.05, 0.1) is 31.6 Å². The first-order valence-electron chi connectivity index (χ1n) is 11.4. The lowest BCUT2D eigenvalue weighted by molar-refractivity contribution is -0.114. The van der Waals surface area contributed by atoms with Crippen molar-refractivity contribution in [2.24, 2.45) is 0 Å². The number of aromatic amines is 1. The summed E-state index contributed by atoms with van der Waals surface area (Å²) >= 11 is 0. The van der Waals surface area contributed by atoms with E-state index in [9.17, 15) is 4.79 Å². The van der Waals surface area contributed by atoms with Crippen LogP contribution in [0.15, 0.2) is 48.8 Å². The molecule has 0 aliphatic rings. The second kappa shape index (κ2) is 11.0. The Morgan fingerprint density at radius 2 is 1.89 bits per heavy atom. The summed E-state index contributed by atoms with van der Waals surface area (Å²) in [4.78, 5) is 26.2. The van der Waals surface area contributed by atoms with E-state index in [-0.39, 0.29) is 5.91 Å². The maximum absolute atomic E-state index is 11.8. The molecule has 36 heavy (non-hydrogen) atoms. The number of methoxy groups -OCH3 is 2. The van der Waals surface area contributed by atoms with Gasteiger partial charge in [0.25, 0.3) is 0 Å². The first kappa shape index (κ1) is 24.8. The predicted octanol–water partition coefficient (Wildman–Crippen LogP) is 4.28. The molecule has 10 heteroatoms. The molecule has 3 N–H and O–H groups in total. The molecule has 2 heterocycles. The van der Waals surface area contributed by atoms with Crippen molar-refractivity contribution in [3.8, 4) is 28.5 Å². The van der Waals surface area contributed by atoms with Gasteiger partial charge < -0.3 is 34.7 Å². The van der Waals surface area contributed by atoms with Crippen molar-refractivity contribution in [2.75, 3.05) is 52.1 Å². The van der Waals surface area contributed by atoms with Gasteiger partial charge in [-0.2, -0.15) is 0 Å². The summed E-state index contributed by atoms with van der Waals surface area (Å²) in [6, 6.07) is 11.3. The first-order chi connectivity index (χ1) is 17.4. The van der Waals surface area contributed by atoms with Gasteiger partial charge in [-0.3, -0.25) is 4.79 Å². The number of hydrogen-bond acceptors (Lipinski definition) is 8. The van der Waals surface area contributed by atoms with Gasteiger partial charge in [-0.1, -0.05) is 12.1 Å². The number of nitrogens with zero attached hydrogens (tertiary/aromatic N) is 3. The smallest absolute Gasteiger partial charge is 0.227 e. The minimum absolute atomic E-state index is 0.192. The molecular weight excluding hydrogens is 460 g/mol. The molecule has 0 saturated heterocycles. The average Bonchev–Trinajstić information content (AvgIpc) is 3.29. The second-order valence-corrected chi connectivity index (χ2v) is 8.36. The summed E-state index contributed by atoms with van der Waals surface area (Å²) in [5.41, 5.74) is 3.60. The molecule has 0 saturated carbocycles. The van der Waals surface area contributed by atoms with Crippen LogP contribution in [0.5, 0.6) is 17.2 Å². The van der Waals surface area contributed by atoms with Crippen LogP contribution in [0.3, 0.4) is 0 Å². The van der Waals surface area contributed by atoms with Gasteiger partial charge in [0.1, 0.15) is 23.8 Å². The van der Waals surface area contributed by atoms with Crippen molar-refractivity contribution in [2.45, 2.75) is 6.92 Å². The molecule has 0 atom stereocenters. The minimum atomic E-state index is -0.192. The molecule has 188 valence electrons. The fourth-order valence-corrected chi connectivity index (χ4v) is 3.75. The van der Waals surface area contributed by atoms with E-state index in [1.807, 2.05) is 49.5 Å². The molecule has 0 fully saturated rings. The number of rotatable bonds is 10. The van der Waals surface area contributed by atoms with Gasteiger partial charge in [-0.05, 0) is 38.4 Å². The zero-order valence-electron chi connectivity index (χ0n) is 21.0. The van der Waals surface area contributed by atoms with E-state index in [0.29, 0.717) is 41.1 Å². The third-order valence-corrected chi connectivity index (χ3v) is 5.47. The van der Waals surface area contributed by atoms with Crippen molar-refractivity contribution in [3.05, 3.63) is 48.8 Å². The number of hydrogen-bond donors (Lipinski definition) is 3. The molecule has 0 unspecified atom stereocenters. The molecule has 2 aromatic heterocycles. The van der Waals surface area contributed by atoms with Crippen molar-refractivity contribution in [1.29, 1.82) is 0 Å². The van der Waals surface area contributed by atoms with E-state index in [0.717, 1.165) is 28.8 Å². The molecule has 1 amide bonds. The number of H-pyrrole nitrogens is 1. The number of fused-ring (bicyclic) bond motifs is 1. The molecule has 4 aromatic rings. The largest absolute Gasteiger partial charge is 0.495 e. The minimum Gasteiger partial charge on any atom is -0.495 e. The molecular formula is C26H30N6O4. The van der Waals surface area contributed by atoms with Crippen LogP contribution in [-0.4, -0.2) is 67.2 Å². The fourth-order valence-electron chi connectivity index (χ4n) is 3.75. The van der Waals surface area contributed by atoms with Crippen LogP contribution in [0, 0.1) is 0 Å². The van der Waals surface area contributed by atoms with E-state index in [1.54, 1.807) is 32.5 Å². The summed E-state index contributed by atoms with van der Waals surface area (Å²) in [6.07, 6.45) is 3.49. The number of carbonyl (C=O) groups is 1. The molecule has 4 rings (SSSR count). The van der Waals surface area contributed by atoms with Crippen LogP contribution in [0.25, 0.3) is 22.2 Å². The summed E-state index contributed by atoms with van der Waals surface area (Å²) in [7, 11) is 7.16. The number of anilines is 3. The Bertz CT molecular complexity index is 1370. The Labute approximate surface area is 209 Å². The third kappa shape index (κ3) is 5.49. The van der Waals surface area contributed by atoms with Crippen LogP contribution < -0.4 is 24.8 Å². The quantitative estimate of drug-likeness (QED) is 0.302. The highest BCUT2D eigenvalue weighted by atomic mass is 16.5. The number of ether oxygens (including phenoxy) is 3. The number of benzene rings is 2. The van der Waals surface area contributed by atoms with E-state index >= 15 is 0 Å². The van der Waals surface area contributed by atoms with E-state index < -0.39 is 0 Å². The molecule has 0 bridgehead atoms. The zero-order valence-corrected chi connectivity index (χ0v) is 21.0. The third-order valence-electron chi connectivity index (χ3n) is 5.47. The molecule has 0 radical (unpaired) electrons. The standard InChI is InChI=1S/C26H30N6O4/c1-16(33)29-20-13-17(9-10-21(20)36-12-11-32(2)3)30-26-28-15-23(35-5)25(31-26)19-14-27-24-18(19)7-6-8-22(24)34-4/h6-10,13-15,27H,11-12H2,1-5H3,(H,29,33)(H,28,30,31). The normalized spacial score (nSPS) is 10.9.